The highest BCUT2D eigenvalue weighted by Gasteiger charge is 2.16. The van der Waals surface area contributed by atoms with Crippen molar-refractivity contribution in [1.29, 1.82) is 0 Å². The van der Waals surface area contributed by atoms with Crippen LogP contribution in [0, 0.1) is 5.82 Å². The molecule has 0 aliphatic heterocycles. The highest BCUT2D eigenvalue weighted by Crippen LogP contribution is 2.21. The molecule has 0 aliphatic carbocycles. The lowest BCUT2D eigenvalue weighted by Crippen LogP contribution is -2.35. The topological polar surface area (TPSA) is 45.8 Å². The fourth-order valence-corrected chi connectivity index (χ4v) is 3.58. The number of aliphatic hydroxyl groups excluding tert-OH is 1. The number of fused-ring (bicyclic) bond motifs is 1. The summed E-state index contributed by atoms with van der Waals surface area (Å²) in [5.41, 5.74) is 1.17. The zero-order valence-electron chi connectivity index (χ0n) is 16.6. The average molecular weight is 405 g/mol. The number of nitrogens with zero attached hydrogens (tertiary/aromatic N) is 1. The maximum Gasteiger partial charge on any atom is 0.165 e. The zero-order chi connectivity index (χ0) is 20.8. The van der Waals surface area contributed by atoms with E-state index in [-0.39, 0.29) is 12.4 Å². The first-order valence-corrected chi connectivity index (χ1v) is 9.96. The van der Waals surface area contributed by atoms with Crippen LogP contribution in [0.15, 0.2) is 89.5 Å². The molecule has 3 aromatic carbocycles. The Morgan fingerprint density at radius 1 is 0.900 bits per heavy atom. The van der Waals surface area contributed by atoms with E-state index in [9.17, 15) is 9.50 Å². The fraction of sp³-hybridized carbons (Fsp3) is 0.200. The molecule has 0 saturated carbocycles. The lowest BCUT2D eigenvalue weighted by Gasteiger charge is -2.25. The molecular formula is C25H24FNO3. The molecule has 154 valence electrons. The molecule has 1 heterocycles. The number of benzene rings is 3. The van der Waals surface area contributed by atoms with Crippen molar-refractivity contribution in [3.8, 4) is 5.75 Å². The highest BCUT2D eigenvalue weighted by atomic mass is 19.1. The van der Waals surface area contributed by atoms with E-state index in [0.717, 1.165) is 5.76 Å². The SMILES string of the molecule is OC(COc1ccccc1F)CN(Cc1ccco1)Cc1cccc2ccccc12. The van der Waals surface area contributed by atoms with Gasteiger partial charge in [0.05, 0.1) is 12.8 Å². The van der Waals surface area contributed by atoms with E-state index in [2.05, 4.69) is 29.2 Å². The van der Waals surface area contributed by atoms with E-state index in [1.54, 1.807) is 24.5 Å². The Bertz CT molecular complexity index is 1080. The molecule has 0 bridgehead atoms. The Labute approximate surface area is 175 Å². The van der Waals surface area contributed by atoms with Gasteiger partial charge in [0.2, 0.25) is 0 Å². The van der Waals surface area contributed by atoms with Crippen molar-refractivity contribution in [3.63, 3.8) is 0 Å². The van der Waals surface area contributed by atoms with Crippen LogP contribution in [0.25, 0.3) is 10.8 Å². The van der Waals surface area contributed by atoms with E-state index < -0.39 is 11.9 Å². The van der Waals surface area contributed by atoms with Gasteiger partial charge in [0, 0.05) is 13.1 Å². The molecule has 4 nitrogen and oxygen atoms in total. The summed E-state index contributed by atoms with van der Waals surface area (Å²) in [5.74, 6) is 0.522. The Kier molecular flexibility index (Phi) is 6.42. The van der Waals surface area contributed by atoms with Crippen molar-refractivity contribution in [2.45, 2.75) is 19.2 Å². The van der Waals surface area contributed by atoms with Crippen LogP contribution in [0.1, 0.15) is 11.3 Å². The summed E-state index contributed by atoms with van der Waals surface area (Å²) in [7, 11) is 0. The number of para-hydroxylation sites is 1. The first-order chi connectivity index (χ1) is 14.7. The molecule has 30 heavy (non-hydrogen) atoms. The number of hydrogen-bond donors (Lipinski definition) is 1. The van der Waals surface area contributed by atoms with Crippen molar-refractivity contribution in [3.05, 3.63) is 102 Å². The van der Waals surface area contributed by atoms with Gasteiger partial charge >= 0.3 is 0 Å². The van der Waals surface area contributed by atoms with Gasteiger partial charge in [0.1, 0.15) is 18.5 Å². The second-order valence-electron chi connectivity index (χ2n) is 7.28. The van der Waals surface area contributed by atoms with Crippen LogP contribution in [0.5, 0.6) is 5.75 Å². The van der Waals surface area contributed by atoms with Gasteiger partial charge in [0.15, 0.2) is 11.6 Å². The summed E-state index contributed by atoms with van der Waals surface area (Å²) in [6.45, 7) is 1.55. The molecule has 0 amide bonds. The molecular weight excluding hydrogens is 381 g/mol. The summed E-state index contributed by atoms with van der Waals surface area (Å²) in [5, 5.41) is 12.9. The van der Waals surface area contributed by atoms with Crippen LogP contribution in [0.3, 0.4) is 0 Å². The minimum atomic E-state index is -0.783. The van der Waals surface area contributed by atoms with Crippen LogP contribution in [-0.2, 0) is 13.1 Å². The number of aliphatic hydroxyl groups is 1. The van der Waals surface area contributed by atoms with Crippen LogP contribution >= 0.6 is 0 Å². The summed E-state index contributed by atoms with van der Waals surface area (Å²) < 4.78 is 24.8. The van der Waals surface area contributed by atoms with Crippen LogP contribution < -0.4 is 4.74 Å². The Hall–Kier alpha value is -3.15. The number of hydrogen-bond acceptors (Lipinski definition) is 4. The first-order valence-electron chi connectivity index (χ1n) is 9.96. The van der Waals surface area contributed by atoms with Crippen LogP contribution in [-0.4, -0.2) is 29.3 Å². The van der Waals surface area contributed by atoms with Gasteiger partial charge in [-0.25, -0.2) is 4.39 Å². The van der Waals surface area contributed by atoms with Gasteiger partial charge in [-0.3, -0.25) is 4.90 Å². The van der Waals surface area contributed by atoms with Crippen LogP contribution in [0.2, 0.25) is 0 Å². The van der Waals surface area contributed by atoms with Crippen molar-refractivity contribution >= 4 is 10.8 Å². The molecule has 4 rings (SSSR count). The monoisotopic (exact) mass is 405 g/mol. The third-order valence-electron chi connectivity index (χ3n) is 4.97. The van der Waals surface area contributed by atoms with Gasteiger partial charge in [0.25, 0.3) is 0 Å². The molecule has 0 saturated heterocycles. The fourth-order valence-electron chi connectivity index (χ4n) is 3.58. The van der Waals surface area contributed by atoms with E-state index in [0.29, 0.717) is 19.6 Å². The van der Waals surface area contributed by atoms with Crippen molar-refractivity contribution in [2.24, 2.45) is 0 Å². The largest absolute Gasteiger partial charge is 0.488 e. The number of rotatable bonds is 9. The van der Waals surface area contributed by atoms with Gasteiger partial charge in [-0.1, -0.05) is 54.6 Å². The molecule has 4 aromatic rings. The highest BCUT2D eigenvalue weighted by molar-refractivity contribution is 5.85. The third-order valence-corrected chi connectivity index (χ3v) is 4.97. The molecule has 0 aliphatic rings. The minimum absolute atomic E-state index is 0.00508. The van der Waals surface area contributed by atoms with E-state index in [1.807, 2.05) is 30.3 Å². The average Bonchev–Trinajstić information content (AvgIpc) is 3.26. The number of furan rings is 1. The Morgan fingerprint density at radius 2 is 1.70 bits per heavy atom. The number of halogens is 1. The smallest absolute Gasteiger partial charge is 0.165 e. The second-order valence-corrected chi connectivity index (χ2v) is 7.28. The van der Waals surface area contributed by atoms with Crippen molar-refractivity contribution in [1.82, 2.24) is 4.90 Å². The van der Waals surface area contributed by atoms with E-state index in [4.69, 9.17) is 9.15 Å². The molecule has 1 unspecified atom stereocenters. The molecule has 1 aromatic heterocycles. The van der Waals surface area contributed by atoms with Gasteiger partial charge < -0.3 is 14.3 Å². The maximum atomic E-state index is 13.8. The van der Waals surface area contributed by atoms with Gasteiger partial charge in [-0.15, -0.1) is 0 Å². The quantitative estimate of drug-likeness (QED) is 0.425. The van der Waals surface area contributed by atoms with Gasteiger partial charge in [-0.05, 0) is 40.6 Å². The predicted octanol–water partition coefficient (Wildman–Crippen LogP) is 5.01. The van der Waals surface area contributed by atoms with E-state index >= 15 is 0 Å². The molecule has 1 atom stereocenters. The summed E-state index contributed by atoms with van der Waals surface area (Å²) >= 11 is 0. The molecule has 0 fully saturated rings. The lowest BCUT2D eigenvalue weighted by molar-refractivity contribution is 0.0593. The number of ether oxygens (including phenoxy) is 1. The third kappa shape index (κ3) is 5.06. The van der Waals surface area contributed by atoms with Crippen LogP contribution in [0.4, 0.5) is 4.39 Å². The summed E-state index contributed by atoms with van der Waals surface area (Å²) in [6.07, 6.45) is 0.859. The molecule has 5 heteroatoms. The normalized spacial score (nSPS) is 12.4. The second kappa shape index (κ2) is 9.57. The van der Waals surface area contributed by atoms with E-state index in [1.165, 1.54) is 22.4 Å². The minimum Gasteiger partial charge on any atom is -0.488 e. The molecule has 1 N–H and O–H groups in total. The lowest BCUT2D eigenvalue weighted by atomic mass is 10.0. The summed E-state index contributed by atoms with van der Waals surface area (Å²) in [4.78, 5) is 2.11. The molecule has 0 radical (unpaired) electrons. The van der Waals surface area contributed by atoms with Gasteiger partial charge in [-0.2, -0.15) is 0 Å². The van der Waals surface area contributed by atoms with Crippen molar-refractivity contribution in [2.75, 3.05) is 13.2 Å². The summed E-state index contributed by atoms with van der Waals surface area (Å²) in [6, 6.07) is 24.4. The standard InChI is InChI=1S/C25H24FNO3/c26-24-12-3-4-13-25(24)30-18-21(28)16-27(17-22-10-6-14-29-22)15-20-9-5-8-19-7-1-2-11-23(19)20/h1-14,21,28H,15-18H2. The van der Waals surface area contributed by atoms with Crippen molar-refractivity contribution < 1.29 is 18.7 Å². The molecule has 0 spiro atoms. The predicted molar refractivity (Wildman–Crippen MR) is 115 cm³/mol. The zero-order valence-corrected chi connectivity index (χ0v) is 16.6. The first kappa shape index (κ1) is 20.1. The maximum absolute atomic E-state index is 13.8. The Balaban J connectivity index is 1.47. The Morgan fingerprint density at radius 3 is 2.53 bits per heavy atom.